The van der Waals surface area contributed by atoms with E-state index in [1.165, 1.54) is 19.4 Å². The van der Waals surface area contributed by atoms with Gasteiger partial charge in [0.2, 0.25) is 0 Å². The summed E-state index contributed by atoms with van der Waals surface area (Å²) in [4.78, 5) is 17.2. The fourth-order valence-electron chi connectivity index (χ4n) is 3.98. The zero-order valence-electron chi connectivity index (χ0n) is 14.3. The fourth-order valence-corrected chi connectivity index (χ4v) is 3.98. The Morgan fingerprint density at radius 2 is 2.33 bits per heavy atom. The molecule has 0 radical (unpaired) electrons. The quantitative estimate of drug-likeness (QED) is 0.899. The summed E-state index contributed by atoms with van der Waals surface area (Å²) in [5.74, 6) is 0.839. The van der Waals surface area contributed by atoms with Crippen LogP contribution in [0.2, 0.25) is 0 Å². The van der Waals surface area contributed by atoms with Crippen LogP contribution in [0.1, 0.15) is 44.4 Å². The highest BCUT2D eigenvalue weighted by atomic mass is 16.5. The van der Waals surface area contributed by atoms with E-state index < -0.39 is 0 Å². The lowest BCUT2D eigenvalue weighted by Crippen LogP contribution is -2.52. The van der Waals surface area contributed by atoms with E-state index in [2.05, 4.69) is 10.2 Å². The van der Waals surface area contributed by atoms with Gasteiger partial charge >= 0.3 is 6.03 Å². The van der Waals surface area contributed by atoms with Crippen LogP contribution in [0.25, 0.3) is 0 Å². The summed E-state index contributed by atoms with van der Waals surface area (Å²) in [7, 11) is 0. The van der Waals surface area contributed by atoms with Crippen molar-refractivity contribution in [1.82, 2.24) is 15.1 Å². The van der Waals surface area contributed by atoms with Gasteiger partial charge in [0.25, 0.3) is 0 Å². The average Bonchev–Trinajstić information content (AvgIpc) is 3.10. The minimum absolute atomic E-state index is 0.00598. The molecule has 6 heteroatoms. The number of hydrogen-bond donors (Lipinski definition) is 1. The second-order valence-electron chi connectivity index (χ2n) is 7.26. The summed E-state index contributed by atoms with van der Waals surface area (Å²) in [5.41, 5.74) is 0. The van der Waals surface area contributed by atoms with Crippen LogP contribution in [0.5, 0.6) is 0 Å². The molecule has 2 saturated heterocycles. The molecule has 2 amide bonds. The molecule has 0 spiro atoms. The van der Waals surface area contributed by atoms with Crippen molar-refractivity contribution >= 4 is 6.03 Å². The molecule has 132 valence electrons. The summed E-state index contributed by atoms with van der Waals surface area (Å²) in [6, 6.07) is 4.69. The van der Waals surface area contributed by atoms with Crippen LogP contribution in [-0.2, 0) is 4.74 Å². The lowest BCUT2D eigenvalue weighted by Gasteiger charge is -2.36. The number of hydrogen-bond acceptors (Lipinski definition) is 4. The highest BCUT2D eigenvalue weighted by Crippen LogP contribution is 2.34. The van der Waals surface area contributed by atoms with Crippen molar-refractivity contribution in [2.45, 2.75) is 56.8 Å². The van der Waals surface area contributed by atoms with Crippen LogP contribution >= 0.6 is 0 Å². The zero-order valence-corrected chi connectivity index (χ0v) is 14.3. The van der Waals surface area contributed by atoms with Crippen molar-refractivity contribution in [3.8, 4) is 0 Å². The minimum atomic E-state index is -0.0391. The third-order valence-corrected chi connectivity index (χ3v) is 5.49. The Labute approximate surface area is 143 Å². The third-order valence-electron chi connectivity index (χ3n) is 5.49. The van der Waals surface area contributed by atoms with E-state index in [1.54, 1.807) is 6.26 Å². The van der Waals surface area contributed by atoms with E-state index >= 15 is 0 Å². The molecule has 0 bridgehead atoms. The molecule has 1 N–H and O–H groups in total. The number of morpholine rings is 1. The molecule has 3 aliphatic rings. The van der Waals surface area contributed by atoms with Gasteiger partial charge in [0, 0.05) is 25.2 Å². The maximum Gasteiger partial charge on any atom is 0.318 e. The Hall–Kier alpha value is -1.53. The molecular formula is C18H27N3O3. The summed E-state index contributed by atoms with van der Waals surface area (Å²) in [6.07, 6.45) is 6.43. The Balaban J connectivity index is 1.32. The van der Waals surface area contributed by atoms with Crippen LogP contribution in [0, 0.1) is 0 Å². The second-order valence-corrected chi connectivity index (χ2v) is 7.26. The summed E-state index contributed by atoms with van der Waals surface area (Å²) in [6.45, 7) is 5.51. The van der Waals surface area contributed by atoms with E-state index in [0.29, 0.717) is 18.6 Å². The van der Waals surface area contributed by atoms with Crippen molar-refractivity contribution in [3.05, 3.63) is 24.2 Å². The molecule has 1 saturated carbocycles. The van der Waals surface area contributed by atoms with E-state index in [9.17, 15) is 4.79 Å². The van der Waals surface area contributed by atoms with Crippen molar-refractivity contribution in [1.29, 1.82) is 0 Å². The topological polar surface area (TPSA) is 58.0 Å². The van der Waals surface area contributed by atoms with Crippen molar-refractivity contribution in [3.63, 3.8) is 0 Å². The lowest BCUT2D eigenvalue weighted by molar-refractivity contribution is -0.0462. The molecule has 4 rings (SSSR count). The van der Waals surface area contributed by atoms with Crippen molar-refractivity contribution in [2.24, 2.45) is 0 Å². The number of urea groups is 1. The SMILES string of the molecule is C[C@H](c1ccco1)N(C(=O)NC[C@H]1CN2CCC[C@@H]2CO1)C1CC1. The number of fused-ring (bicyclic) bond motifs is 1. The number of nitrogens with zero attached hydrogens (tertiary/aromatic N) is 2. The highest BCUT2D eigenvalue weighted by molar-refractivity contribution is 5.75. The summed E-state index contributed by atoms with van der Waals surface area (Å²) in [5, 5.41) is 3.09. The molecule has 1 aromatic rings. The first kappa shape index (κ1) is 16.0. The molecule has 0 unspecified atom stereocenters. The molecule has 0 aromatic carbocycles. The van der Waals surface area contributed by atoms with E-state index in [1.807, 2.05) is 24.0 Å². The largest absolute Gasteiger partial charge is 0.467 e. The second kappa shape index (κ2) is 6.76. The minimum Gasteiger partial charge on any atom is -0.467 e. The zero-order chi connectivity index (χ0) is 16.5. The summed E-state index contributed by atoms with van der Waals surface area (Å²) < 4.78 is 11.4. The highest BCUT2D eigenvalue weighted by Gasteiger charge is 2.38. The summed E-state index contributed by atoms with van der Waals surface area (Å²) >= 11 is 0. The number of carbonyl (C=O) groups is 1. The molecule has 2 aliphatic heterocycles. The first-order valence-electron chi connectivity index (χ1n) is 9.17. The first-order chi connectivity index (χ1) is 11.7. The maximum atomic E-state index is 12.7. The number of carbonyl (C=O) groups excluding carboxylic acids is 1. The van der Waals surface area contributed by atoms with E-state index in [4.69, 9.17) is 9.15 Å². The van der Waals surface area contributed by atoms with Crippen LogP contribution in [0.15, 0.2) is 22.8 Å². The molecule has 1 aromatic heterocycles. The number of furan rings is 1. The number of ether oxygens (including phenoxy) is 1. The maximum absolute atomic E-state index is 12.7. The molecule has 3 fully saturated rings. The van der Waals surface area contributed by atoms with Crippen LogP contribution in [-0.4, -0.2) is 60.3 Å². The normalized spacial score (nSPS) is 28.4. The number of amides is 2. The average molecular weight is 333 g/mol. The van der Waals surface area contributed by atoms with Gasteiger partial charge in [-0.1, -0.05) is 0 Å². The first-order valence-corrected chi connectivity index (χ1v) is 9.17. The standard InChI is InChI=1S/C18H27N3O3/c1-13(17-5-3-9-23-17)21(14-6-7-14)18(22)19-10-16-11-20-8-2-4-15(20)12-24-16/h3,5,9,13-16H,2,4,6-8,10-12H2,1H3,(H,19,22)/t13-,15-,16+/m1/s1. The molecular weight excluding hydrogens is 306 g/mol. The van der Waals surface area contributed by atoms with Crippen molar-refractivity contribution < 1.29 is 13.9 Å². The Kier molecular flexibility index (Phi) is 4.50. The van der Waals surface area contributed by atoms with Gasteiger partial charge in [-0.2, -0.15) is 0 Å². The molecule has 24 heavy (non-hydrogen) atoms. The lowest BCUT2D eigenvalue weighted by atomic mass is 10.2. The van der Waals surface area contributed by atoms with Gasteiger partial charge in [-0.05, 0) is 51.3 Å². The monoisotopic (exact) mass is 333 g/mol. The smallest absolute Gasteiger partial charge is 0.318 e. The predicted octanol–water partition coefficient (Wildman–Crippen LogP) is 2.38. The van der Waals surface area contributed by atoms with Gasteiger partial charge in [0.05, 0.1) is 25.0 Å². The van der Waals surface area contributed by atoms with E-state index in [0.717, 1.165) is 31.8 Å². The van der Waals surface area contributed by atoms with Gasteiger partial charge in [-0.25, -0.2) is 4.79 Å². The Bertz CT molecular complexity index is 558. The Morgan fingerprint density at radius 1 is 1.46 bits per heavy atom. The predicted molar refractivity (Wildman–Crippen MR) is 89.7 cm³/mol. The van der Waals surface area contributed by atoms with Gasteiger partial charge in [0.1, 0.15) is 5.76 Å². The van der Waals surface area contributed by atoms with Crippen LogP contribution in [0.4, 0.5) is 4.79 Å². The molecule has 3 atom stereocenters. The molecule has 3 heterocycles. The van der Waals surface area contributed by atoms with Gasteiger partial charge in [-0.3, -0.25) is 4.90 Å². The molecule has 1 aliphatic carbocycles. The fraction of sp³-hybridized carbons (Fsp3) is 0.722. The number of rotatable bonds is 5. The van der Waals surface area contributed by atoms with Gasteiger partial charge in [0.15, 0.2) is 0 Å². The Morgan fingerprint density at radius 3 is 3.08 bits per heavy atom. The van der Waals surface area contributed by atoms with Gasteiger partial charge < -0.3 is 19.4 Å². The van der Waals surface area contributed by atoms with Crippen LogP contribution < -0.4 is 5.32 Å². The number of nitrogens with one attached hydrogen (secondary N) is 1. The van der Waals surface area contributed by atoms with E-state index in [-0.39, 0.29) is 18.2 Å². The van der Waals surface area contributed by atoms with Gasteiger partial charge in [-0.15, -0.1) is 0 Å². The third kappa shape index (κ3) is 3.30. The van der Waals surface area contributed by atoms with Crippen molar-refractivity contribution in [2.75, 3.05) is 26.2 Å². The van der Waals surface area contributed by atoms with Crippen LogP contribution in [0.3, 0.4) is 0 Å². The molecule has 6 nitrogen and oxygen atoms in total.